The van der Waals surface area contributed by atoms with Crippen LogP contribution in [-0.2, 0) is 5.41 Å². The van der Waals surface area contributed by atoms with E-state index in [9.17, 15) is 5.26 Å². The average molecular weight is 566 g/mol. The summed E-state index contributed by atoms with van der Waals surface area (Å²) < 4.78 is 4.64. The highest BCUT2D eigenvalue weighted by molar-refractivity contribution is 6.10. The molecule has 210 valence electrons. The van der Waals surface area contributed by atoms with Gasteiger partial charge in [0.1, 0.15) is 0 Å². The van der Waals surface area contributed by atoms with E-state index in [1.54, 1.807) is 0 Å². The number of hydrogen-bond donors (Lipinski definition) is 0. The molecule has 0 fully saturated rings. The molecule has 0 atom stereocenters. The lowest BCUT2D eigenvalue weighted by molar-refractivity contribution is 0.591. The van der Waals surface area contributed by atoms with Crippen LogP contribution in [0.5, 0.6) is 0 Å². The Labute approximate surface area is 256 Å². The minimum absolute atomic E-state index is 0.0666. The maximum Gasteiger partial charge on any atom is 0.0992 e. The molecule has 0 N–H and O–H groups in total. The van der Waals surface area contributed by atoms with Gasteiger partial charge in [0.2, 0.25) is 0 Å². The lowest BCUT2D eigenvalue weighted by Gasteiger charge is -2.19. The SMILES string of the molecule is CC(C)(C)c1ccc2c(c1)c1ccccc1n2-c1cccc(-c2cc(C#N)cc(-n3c4ccccc4c4ccccc43)c2)c1. The molecule has 0 aliphatic carbocycles. The minimum Gasteiger partial charge on any atom is -0.309 e. The topological polar surface area (TPSA) is 33.6 Å². The van der Waals surface area contributed by atoms with Crippen molar-refractivity contribution in [3.05, 3.63) is 145 Å². The number of nitrogens with zero attached hydrogens (tertiary/aromatic N) is 3. The van der Waals surface area contributed by atoms with E-state index in [1.165, 1.54) is 38.1 Å². The van der Waals surface area contributed by atoms with Crippen LogP contribution in [0.4, 0.5) is 0 Å². The van der Waals surface area contributed by atoms with Crippen LogP contribution in [0, 0.1) is 11.3 Å². The lowest BCUT2D eigenvalue weighted by atomic mass is 9.86. The highest BCUT2D eigenvalue weighted by atomic mass is 15.0. The molecule has 0 amide bonds. The Kier molecular flexibility index (Phi) is 5.76. The Hall–Kier alpha value is -5.59. The monoisotopic (exact) mass is 565 g/mol. The summed E-state index contributed by atoms with van der Waals surface area (Å²) in [5.74, 6) is 0. The normalized spacial score (nSPS) is 12.0. The maximum absolute atomic E-state index is 10.1. The van der Waals surface area contributed by atoms with Crippen LogP contribution >= 0.6 is 0 Å². The molecule has 0 saturated carbocycles. The second kappa shape index (κ2) is 9.73. The predicted molar refractivity (Wildman–Crippen MR) is 184 cm³/mol. The van der Waals surface area contributed by atoms with E-state index in [2.05, 4.69) is 157 Å². The highest BCUT2D eigenvalue weighted by Crippen LogP contribution is 2.37. The Morgan fingerprint density at radius 3 is 1.64 bits per heavy atom. The molecule has 0 aliphatic rings. The first kappa shape index (κ1) is 26.1. The molecule has 0 unspecified atom stereocenters. The fourth-order valence-corrected chi connectivity index (χ4v) is 6.71. The number of aromatic nitrogens is 2. The smallest absolute Gasteiger partial charge is 0.0992 e. The van der Waals surface area contributed by atoms with E-state index < -0.39 is 0 Å². The zero-order valence-electron chi connectivity index (χ0n) is 25.0. The molecule has 6 aromatic carbocycles. The summed E-state index contributed by atoms with van der Waals surface area (Å²) in [4.78, 5) is 0. The van der Waals surface area contributed by atoms with Crippen LogP contribution in [0.15, 0.2) is 133 Å². The second-order valence-corrected chi connectivity index (χ2v) is 12.6. The summed E-state index contributed by atoms with van der Waals surface area (Å²) in [7, 11) is 0. The largest absolute Gasteiger partial charge is 0.309 e. The maximum atomic E-state index is 10.1. The third-order valence-corrected chi connectivity index (χ3v) is 8.86. The van der Waals surface area contributed by atoms with Gasteiger partial charge >= 0.3 is 0 Å². The van der Waals surface area contributed by atoms with Gasteiger partial charge in [-0.25, -0.2) is 0 Å². The second-order valence-electron chi connectivity index (χ2n) is 12.6. The molecule has 0 bridgehead atoms. The summed E-state index contributed by atoms with van der Waals surface area (Å²) in [6.45, 7) is 6.79. The van der Waals surface area contributed by atoms with E-state index in [4.69, 9.17) is 0 Å². The zero-order valence-corrected chi connectivity index (χ0v) is 25.0. The fourth-order valence-electron chi connectivity index (χ4n) is 6.71. The molecule has 0 spiro atoms. The van der Waals surface area contributed by atoms with E-state index in [1.807, 2.05) is 12.1 Å². The fraction of sp³-hybridized carbons (Fsp3) is 0.0976. The first-order valence-electron chi connectivity index (χ1n) is 15.1. The molecule has 2 aromatic heterocycles. The molecule has 44 heavy (non-hydrogen) atoms. The van der Waals surface area contributed by atoms with Gasteiger partial charge < -0.3 is 9.13 Å². The third-order valence-electron chi connectivity index (χ3n) is 8.86. The molecule has 0 saturated heterocycles. The molecule has 3 heteroatoms. The van der Waals surface area contributed by atoms with Crippen molar-refractivity contribution in [3.63, 3.8) is 0 Å². The van der Waals surface area contributed by atoms with E-state index >= 15 is 0 Å². The summed E-state index contributed by atoms with van der Waals surface area (Å²) in [5.41, 5.74) is 10.8. The number of benzene rings is 6. The van der Waals surface area contributed by atoms with Crippen molar-refractivity contribution < 1.29 is 0 Å². The van der Waals surface area contributed by atoms with Crippen LogP contribution in [0.2, 0.25) is 0 Å². The van der Waals surface area contributed by atoms with Crippen molar-refractivity contribution in [2.75, 3.05) is 0 Å². The van der Waals surface area contributed by atoms with Crippen LogP contribution in [0.3, 0.4) is 0 Å². The zero-order chi connectivity index (χ0) is 30.0. The Morgan fingerprint density at radius 2 is 1.02 bits per heavy atom. The number of para-hydroxylation sites is 3. The summed E-state index contributed by atoms with van der Waals surface area (Å²) >= 11 is 0. The van der Waals surface area contributed by atoms with E-state index in [0.29, 0.717) is 5.56 Å². The van der Waals surface area contributed by atoms with Crippen molar-refractivity contribution in [3.8, 4) is 28.6 Å². The van der Waals surface area contributed by atoms with Gasteiger partial charge in [-0.15, -0.1) is 0 Å². The molecular formula is C41H31N3. The van der Waals surface area contributed by atoms with E-state index in [0.717, 1.165) is 33.5 Å². The van der Waals surface area contributed by atoms with Crippen LogP contribution in [0.1, 0.15) is 31.9 Å². The van der Waals surface area contributed by atoms with Gasteiger partial charge in [0.25, 0.3) is 0 Å². The Bertz CT molecular complexity index is 2390. The van der Waals surface area contributed by atoms with Crippen LogP contribution < -0.4 is 0 Å². The predicted octanol–water partition coefficient (Wildman–Crippen LogP) is 10.7. The Morgan fingerprint density at radius 1 is 0.477 bits per heavy atom. The van der Waals surface area contributed by atoms with Crippen molar-refractivity contribution in [1.82, 2.24) is 9.13 Å². The van der Waals surface area contributed by atoms with Crippen molar-refractivity contribution in [1.29, 1.82) is 5.26 Å². The van der Waals surface area contributed by atoms with Gasteiger partial charge in [0, 0.05) is 32.9 Å². The molecule has 0 radical (unpaired) electrons. The van der Waals surface area contributed by atoms with E-state index in [-0.39, 0.29) is 5.41 Å². The number of rotatable bonds is 3. The molecule has 3 nitrogen and oxygen atoms in total. The molecular weight excluding hydrogens is 534 g/mol. The average Bonchev–Trinajstić information content (AvgIpc) is 3.57. The quantitative estimate of drug-likeness (QED) is 0.210. The molecule has 8 rings (SSSR count). The standard InChI is InChI=1S/C41H31N3/c1-41(2,3)30-19-20-40-36(25-30)35-15-6-9-18-39(35)43(40)31-12-10-11-28(23-31)29-21-27(26-42)22-32(24-29)44-37-16-7-4-13-33(37)34-14-5-8-17-38(34)44/h4-25H,1-3H3. The lowest BCUT2D eigenvalue weighted by Crippen LogP contribution is -2.10. The first-order chi connectivity index (χ1) is 21.4. The number of nitriles is 1. The van der Waals surface area contributed by atoms with Gasteiger partial charge in [-0.3, -0.25) is 0 Å². The van der Waals surface area contributed by atoms with Crippen molar-refractivity contribution in [2.45, 2.75) is 26.2 Å². The van der Waals surface area contributed by atoms with Crippen molar-refractivity contribution >= 4 is 43.6 Å². The third kappa shape index (κ3) is 4.03. The summed E-state index contributed by atoms with van der Waals surface area (Å²) in [6.07, 6.45) is 0. The van der Waals surface area contributed by atoms with Crippen molar-refractivity contribution in [2.24, 2.45) is 0 Å². The van der Waals surface area contributed by atoms with Gasteiger partial charge in [0.05, 0.1) is 33.7 Å². The Balaban J connectivity index is 1.33. The molecule has 0 aliphatic heterocycles. The summed E-state index contributed by atoms with van der Waals surface area (Å²) in [6, 6.07) is 49.8. The van der Waals surface area contributed by atoms with Gasteiger partial charge in [-0.2, -0.15) is 5.26 Å². The molecule has 8 aromatic rings. The minimum atomic E-state index is 0.0666. The van der Waals surface area contributed by atoms with Crippen LogP contribution in [-0.4, -0.2) is 9.13 Å². The van der Waals surface area contributed by atoms with Gasteiger partial charge in [-0.05, 0) is 82.8 Å². The highest BCUT2D eigenvalue weighted by Gasteiger charge is 2.19. The first-order valence-corrected chi connectivity index (χ1v) is 15.1. The van der Waals surface area contributed by atoms with Crippen LogP contribution in [0.25, 0.3) is 66.1 Å². The summed E-state index contributed by atoms with van der Waals surface area (Å²) in [5, 5.41) is 15.0. The van der Waals surface area contributed by atoms with Gasteiger partial charge in [0.15, 0.2) is 0 Å². The molecule has 2 heterocycles. The number of hydrogen-bond acceptors (Lipinski definition) is 1. The number of fused-ring (bicyclic) bond motifs is 6. The van der Waals surface area contributed by atoms with Gasteiger partial charge in [-0.1, -0.05) is 93.6 Å².